The molecule has 0 amide bonds. The molecule has 0 bridgehead atoms. The van der Waals surface area contributed by atoms with Gasteiger partial charge in [-0.15, -0.1) is 0 Å². The summed E-state index contributed by atoms with van der Waals surface area (Å²) in [5, 5.41) is 3.23. The van der Waals surface area contributed by atoms with E-state index in [0.29, 0.717) is 13.2 Å². The van der Waals surface area contributed by atoms with E-state index in [1.807, 2.05) is 49.4 Å². The van der Waals surface area contributed by atoms with Crippen molar-refractivity contribution >= 4 is 5.97 Å². The van der Waals surface area contributed by atoms with Crippen molar-refractivity contribution in [2.24, 2.45) is 0 Å². The van der Waals surface area contributed by atoms with Crippen LogP contribution >= 0.6 is 0 Å². The number of rotatable bonds is 6. The second-order valence-corrected chi connectivity index (χ2v) is 4.33. The molecule has 4 nitrogen and oxygen atoms in total. The summed E-state index contributed by atoms with van der Waals surface area (Å²) < 4.78 is 5.13. The monoisotopic (exact) mass is 270 g/mol. The minimum atomic E-state index is -0.454. The van der Waals surface area contributed by atoms with Crippen LogP contribution in [-0.2, 0) is 16.1 Å². The van der Waals surface area contributed by atoms with Crippen LogP contribution in [0.5, 0.6) is 0 Å². The highest BCUT2D eigenvalue weighted by molar-refractivity contribution is 5.77. The van der Waals surface area contributed by atoms with E-state index >= 15 is 0 Å². The highest BCUT2D eigenvalue weighted by Crippen LogP contribution is 2.15. The minimum absolute atomic E-state index is 0.257. The van der Waals surface area contributed by atoms with Crippen molar-refractivity contribution in [3.63, 3.8) is 0 Å². The first-order chi connectivity index (χ1) is 9.81. The Bertz CT molecular complexity index is 529. The summed E-state index contributed by atoms with van der Waals surface area (Å²) in [5.74, 6) is -0.257. The molecule has 0 saturated carbocycles. The predicted octanol–water partition coefficient (Wildman–Crippen LogP) is 2.48. The third-order valence-corrected chi connectivity index (χ3v) is 2.91. The molecule has 1 aromatic carbocycles. The molecule has 0 saturated heterocycles. The van der Waals surface area contributed by atoms with E-state index in [2.05, 4.69) is 10.3 Å². The van der Waals surface area contributed by atoms with Crippen LogP contribution in [0, 0.1) is 0 Å². The van der Waals surface area contributed by atoms with Crippen LogP contribution in [0.25, 0.3) is 0 Å². The Morgan fingerprint density at radius 3 is 2.55 bits per heavy atom. The Kier molecular flexibility index (Phi) is 5.26. The fourth-order valence-electron chi connectivity index (χ4n) is 1.93. The molecule has 0 aliphatic heterocycles. The maximum absolute atomic E-state index is 12.1. The molecule has 1 aromatic heterocycles. The second-order valence-electron chi connectivity index (χ2n) is 4.33. The van der Waals surface area contributed by atoms with Gasteiger partial charge in [-0.1, -0.05) is 30.3 Å². The number of hydrogen-bond donors (Lipinski definition) is 1. The summed E-state index contributed by atoms with van der Waals surface area (Å²) in [6.45, 7) is 2.77. The molecule has 104 valence electrons. The Balaban J connectivity index is 2.09. The van der Waals surface area contributed by atoms with Gasteiger partial charge >= 0.3 is 5.97 Å². The number of carbonyl (C=O) groups is 1. The normalized spacial score (nSPS) is 11.8. The van der Waals surface area contributed by atoms with Crippen molar-refractivity contribution in [2.45, 2.75) is 19.5 Å². The summed E-state index contributed by atoms with van der Waals surface area (Å²) in [6, 6.07) is 13.0. The Hall–Kier alpha value is -2.20. The van der Waals surface area contributed by atoms with Gasteiger partial charge in [0, 0.05) is 18.9 Å². The lowest BCUT2D eigenvalue weighted by Gasteiger charge is -2.17. The van der Waals surface area contributed by atoms with E-state index < -0.39 is 6.04 Å². The lowest BCUT2D eigenvalue weighted by Crippen LogP contribution is -2.29. The maximum atomic E-state index is 12.1. The molecule has 20 heavy (non-hydrogen) atoms. The van der Waals surface area contributed by atoms with Crippen molar-refractivity contribution in [1.82, 2.24) is 10.3 Å². The van der Waals surface area contributed by atoms with Gasteiger partial charge in [-0.2, -0.15) is 0 Å². The first-order valence-electron chi connectivity index (χ1n) is 6.65. The quantitative estimate of drug-likeness (QED) is 0.819. The first-order valence-corrected chi connectivity index (χ1v) is 6.65. The average Bonchev–Trinajstić information content (AvgIpc) is 2.50. The number of hydrogen-bond acceptors (Lipinski definition) is 4. The van der Waals surface area contributed by atoms with Crippen molar-refractivity contribution in [3.05, 3.63) is 66.0 Å². The van der Waals surface area contributed by atoms with Crippen LogP contribution in [-0.4, -0.2) is 17.6 Å². The largest absolute Gasteiger partial charge is 0.465 e. The molecule has 2 aromatic rings. The van der Waals surface area contributed by atoms with Gasteiger partial charge in [-0.3, -0.25) is 10.3 Å². The number of pyridine rings is 1. The lowest BCUT2D eigenvalue weighted by atomic mass is 10.1. The standard InChI is InChI=1S/C16H18N2O2/c1-2-20-16(19)15(14-6-4-3-5-7-14)18-12-13-8-10-17-11-9-13/h3-11,15,18H,2,12H2,1H3. The van der Waals surface area contributed by atoms with Gasteiger partial charge in [-0.25, -0.2) is 4.79 Å². The first kappa shape index (κ1) is 14.2. The number of benzene rings is 1. The van der Waals surface area contributed by atoms with Gasteiger partial charge in [0.25, 0.3) is 0 Å². The highest BCUT2D eigenvalue weighted by Gasteiger charge is 2.20. The fourth-order valence-corrected chi connectivity index (χ4v) is 1.93. The fraction of sp³-hybridized carbons (Fsp3) is 0.250. The summed E-state index contributed by atoms with van der Waals surface area (Å²) in [5.41, 5.74) is 1.98. The molecule has 1 N–H and O–H groups in total. The Morgan fingerprint density at radius 1 is 1.20 bits per heavy atom. The number of ether oxygens (including phenoxy) is 1. The molecule has 4 heteroatoms. The molecular formula is C16H18N2O2. The number of nitrogens with zero attached hydrogens (tertiary/aromatic N) is 1. The minimum Gasteiger partial charge on any atom is -0.465 e. The number of carbonyl (C=O) groups excluding carboxylic acids is 1. The lowest BCUT2D eigenvalue weighted by molar-refractivity contribution is -0.145. The zero-order chi connectivity index (χ0) is 14.2. The van der Waals surface area contributed by atoms with E-state index in [-0.39, 0.29) is 5.97 Å². The van der Waals surface area contributed by atoms with Gasteiger partial charge in [0.15, 0.2) is 0 Å². The van der Waals surface area contributed by atoms with E-state index in [0.717, 1.165) is 11.1 Å². The predicted molar refractivity (Wildman–Crippen MR) is 76.9 cm³/mol. The average molecular weight is 270 g/mol. The van der Waals surface area contributed by atoms with Crippen molar-refractivity contribution < 1.29 is 9.53 Å². The van der Waals surface area contributed by atoms with Crippen LogP contribution in [0.2, 0.25) is 0 Å². The molecule has 2 rings (SSSR count). The summed E-state index contributed by atoms with van der Waals surface area (Å²) in [4.78, 5) is 16.0. The SMILES string of the molecule is CCOC(=O)C(NCc1ccncc1)c1ccccc1. The van der Waals surface area contributed by atoms with Crippen molar-refractivity contribution in [1.29, 1.82) is 0 Å². The molecule has 1 heterocycles. The summed E-state index contributed by atoms with van der Waals surface area (Å²) in [7, 11) is 0. The summed E-state index contributed by atoms with van der Waals surface area (Å²) >= 11 is 0. The van der Waals surface area contributed by atoms with E-state index in [1.165, 1.54) is 0 Å². The Labute approximate surface area is 118 Å². The Morgan fingerprint density at radius 2 is 1.90 bits per heavy atom. The van der Waals surface area contributed by atoms with Gasteiger partial charge < -0.3 is 4.74 Å². The van der Waals surface area contributed by atoms with Gasteiger partial charge in [0.2, 0.25) is 0 Å². The number of esters is 1. The van der Waals surface area contributed by atoms with Crippen molar-refractivity contribution in [3.8, 4) is 0 Å². The maximum Gasteiger partial charge on any atom is 0.327 e. The molecule has 0 spiro atoms. The van der Waals surface area contributed by atoms with E-state index in [4.69, 9.17) is 4.74 Å². The number of aromatic nitrogens is 1. The zero-order valence-corrected chi connectivity index (χ0v) is 11.5. The topological polar surface area (TPSA) is 51.2 Å². The zero-order valence-electron chi connectivity index (χ0n) is 11.5. The molecular weight excluding hydrogens is 252 g/mol. The highest BCUT2D eigenvalue weighted by atomic mass is 16.5. The smallest absolute Gasteiger partial charge is 0.327 e. The summed E-state index contributed by atoms with van der Waals surface area (Å²) in [6.07, 6.45) is 3.47. The van der Waals surface area contributed by atoms with Crippen LogP contribution in [0.1, 0.15) is 24.1 Å². The van der Waals surface area contributed by atoms with E-state index in [9.17, 15) is 4.79 Å². The molecule has 1 unspecified atom stereocenters. The van der Waals surface area contributed by atoms with Crippen molar-refractivity contribution in [2.75, 3.05) is 6.61 Å². The molecule has 0 fully saturated rings. The molecule has 0 radical (unpaired) electrons. The third-order valence-electron chi connectivity index (χ3n) is 2.91. The molecule has 1 atom stereocenters. The van der Waals surface area contributed by atoms with Crippen LogP contribution in [0.3, 0.4) is 0 Å². The van der Waals surface area contributed by atoms with Crippen LogP contribution in [0.15, 0.2) is 54.9 Å². The van der Waals surface area contributed by atoms with Gasteiger partial charge in [0.1, 0.15) is 6.04 Å². The van der Waals surface area contributed by atoms with Crippen LogP contribution < -0.4 is 5.32 Å². The van der Waals surface area contributed by atoms with Crippen LogP contribution in [0.4, 0.5) is 0 Å². The van der Waals surface area contributed by atoms with Gasteiger partial charge in [-0.05, 0) is 30.2 Å². The molecule has 0 aliphatic carbocycles. The number of nitrogens with one attached hydrogen (secondary N) is 1. The molecule has 0 aliphatic rings. The van der Waals surface area contributed by atoms with Gasteiger partial charge in [0.05, 0.1) is 6.61 Å². The van der Waals surface area contributed by atoms with E-state index in [1.54, 1.807) is 12.4 Å². The second kappa shape index (κ2) is 7.40. The third kappa shape index (κ3) is 3.90.